The number of nitrogens with zero attached hydrogens (tertiary/aromatic N) is 3. The van der Waals surface area contributed by atoms with E-state index in [2.05, 4.69) is 22.0 Å². The number of Topliss-reactive ketones (excluding diaryl/α,β-unsaturated/α-hetero) is 1. The quantitative estimate of drug-likeness (QED) is 0.0386. The number of phenols is 1. The molecule has 0 radical (unpaired) electrons. The highest BCUT2D eigenvalue weighted by atomic mass is 32.2. The fourth-order valence-corrected chi connectivity index (χ4v) is 7.28. The van der Waals surface area contributed by atoms with Crippen LogP contribution >= 0.6 is 0 Å². The molecule has 4 atom stereocenters. The smallest absolute Gasteiger partial charge is 0.414 e. The molecule has 53 heavy (non-hydrogen) atoms. The Kier molecular flexibility index (Phi) is 12.5. The Hall–Kier alpha value is -5.03. The van der Waals surface area contributed by atoms with Crippen LogP contribution in [0.3, 0.4) is 0 Å². The van der Waals surface area contributed by atoms with E-state index < -0.39 is 69.8 Å². The SMILES string of the molecule is C=C(C)[C@@H]1CCC(C)=C[C@H]1c1c(O)cc(CCCCC)cc1OC(=O)NC1[C@H](CC(=O)/C(=N\OC(C)(C)C(=O)O)C2=CCC(N)=N2)C(=O)N1S(=O)(=O)O. The largest absolute Gasteiger partial charge is 0.507 e. The third-order valence-electron chi connectivity index (χ3n) is 9.41. The zero-order valence-electron chi connectivity index (χ0n) is 30.4. The molecule has 17 heteroatoms. The van der Waals surface area contributed by atoms with Crippen LogP contribution in [-0.4, -0.2) is 74.6 Å². The van der Waals surface area contributed by atoms with Gasteiger partial charge in [-0.25, -0.2) is 14.6 Å². The van der Waals surface area contributed by atoms with E-state index in [0.717, 1.165) is 43.3 Å². The molecule has 1 aliphatic carbocycles. The summed E-state index contributed by atoms with van der Waals surface area (Å²) in [6, 6.07) is 3.27. The number of β-lactam (4-membered cyclic amide) rings is 1. The van der Waals surface area contributed by atoms with Gasteiger partial charge in [0.15, 0.2) is 11.5 Å². The minimum absolute atomic E-state index is 0.00192. The molecular formula is C36H47N5O11S. The summed E-state index contributed by atoms with van der Waals surface area (Å²) in [6.45, 7) is 12.4. The summed E-state index contributed by atoms with van der Waals surface area (Å²) >= 11 is 0. The van der Waals surface area contributed by atoms with Gasteiger partial charge in [-0.05, 0) is 83.1 Å². The maximum atomic E-state index is 13.6. The number of benzene rings is 1. The van der Waals surface area contributed by atoms with Gasteiger partial charge in [0.1, 0.15) is 23.5 Å². The highest BCUT2D eigenvalue weighted by Gasteiger charge is 2.55. The lowest BCUT2D eigenvalue weighted by atomic mass is 9.73. The Bertz CT molecular complexity index is 1910. The minimum atomic E-state index is -5.23. The molecule has 0 saturated carbocycles. The van der Waals surface area contributed by atoms with Crippen LogP contribution in [0, 0.1) is 11.8 Å². The van der Waals surface area contributed by atoms with Crippen molar-refractivity contribution in [1.82, 2.24) is 9.62 Å². The number of rotatable bonds is 16. The molecule has 288 valence electrons. The maximum Gasteiger partial charge on any atom is 0.414 e. The van der Waals surface area contributed by atoms with Crippen molar-refractivity contribution in [2.45, 2.75) is 104 Å². The molecule has 2 amide bonds. The van der Waals surface area contributed by atoms with E-state index in [9.17, 15) is 42.4 Å². The number of hydrogen-bond donors (Lipinski definition) is 5. The molecule has 1 aromatic carbocycles. The topological polar surface area (TPSA) is 248 Å². The number of aromatic hydroxyl groups is 1. The highest BCUT2D eigenvalue weighted by Crippen LogP contribution is 2.47. The Morgan fingerprint density at radius 3 is 2.51 bits per heavy atom. The number of ketones is 1. The molecule has 3 aliphatic rings. The number of ether oxygens (including phenoxy) is 1. The number of carboxylic acid groups (broad SMARTS) is 1. The second kappa shape index (κ2) is 16.3. The Morgan fingerprint density at radius 2 is 1.92 bits per heavy atom. The Morgan fingerprint density at radius 1 is 1.23 bits per heavy atom. The van der Waals surface area contributed by atoms with E-state index in [1.807, 2.05) is 26.8 Å². The number of nitrogens with one attached hydrogen (secondary N) is 1. The van der Waals surface area contributed by atoms with Crippen molar-refractivity contribution in [3.05, 3.63) is 58.8 Å². The number of carboxylic acids is 1. The third kappa shape index (κ3) is 9.50. The average Bonchev–Trinajstić information content (AvgIpc) is 3.48. The summed E-state index contributed by atoms with van der Waals surface area (Å²) in [5, 5.41) is 26.8. The number of aliphatic carboxylic acids is 1. The molecule has 0 bridgehead atoms. The first-order chi connectivity index (χ1) is 24.7. The van der Waals surface area contributed by atoms with Crippen LogP contribution in [0.5, 0.6) is 11.5 Å². The number of unbranched alkanes of at least 4 members (excludes halogenated alkanes) is 2. The van der Waals surface area contributed by atoms with Gasteiger partial charge in [-0.1, -0.05) is 48.7 Å². The first-order valence-corrected chi connectivity index (χ1v) is 18.7. The second-order valence-electron chi connectivity index (χ2n) is 14.1. The van der Waals surface area contributed by atoms with E-state index in [4.69, 9.17) is 15.3 Å². The van der Waals surface area contributed by atoms with Crippen molar-refractivity contribution in [3.63, 3.8) is 0 Å². The van der Waals surface area contributed by atoms with Gasteiger partial charge in [0.2, 0.25) is 11.5 Å². The summed E-state index contributed by atoms with van der Waals surface area (Å²) in [4.78, 5) is 61.0. The summed E-state index contributed by atoms with van der Waals surface area (Å²) < 4.78 is 40.2. The maximum absolute atomic E-state index is 13.6. The lowest BCUT2D eigenvalue weighted by molar-refractivity contribution is -0.161. The number of aryl methyl sites for hydroxylation is 1. The average molecular weight is 758 g/mol. The molecular weight excluding hydrogens is 710 g/mol. The molecule has 1 saturated heterocycles. The predicted molar refractivity (Wildman–Crippen MR) is 194 cm³/mol. The van der Waals surface area contributed by atoms with Gasteiger partial charge in [0, 0.05) is 24.3 Å². The van der Waals surface area contributed by atoms with Gasteiger partial charge in [0.05, 0.1) is 11.6 Å². The van der Waals surface area contributed by atoms with E-state index >= 15 is 0 Å². The molecule has 0 aromatic heterocycles. The van der Waals surface area contributed by atoms with E-state index in [-0.39, 0.29) is 39.7 Å². The number of carbonyl (C=O) groups excluding carboxylic acids is 3. The Labute approximate surface area is 308 Å². The van der Waals surface area contributed by atoms with Gasteiger partial charge in [-0.3, -0.25) is 19.5 Å². The molecule has 2 aliphatic heterocycles. The molecule has 4 rings (SSSR count). The van der Waals surface area contributed by atoms with Crippen molar-refractivity contribution >= 4 is 45.6 Å². The normalized spacial score (nSPS) is 21.9. The third-order valence-corrected chi connectivity index (χ3v) is 10.3. The van der Waals surface area contributed by atoms with E-state index in [1.165, 1.54) is 19.9 Å². The highest BCUT2D eigenvalue weighted by molar-refractivity contribution is 7.84. The number of phenolic OH excluding ortho intramolecular Hbond substituents is 1. The minimum Gasteiger partial charge on any atom is -0.507 e. The number of hydrogen-bond acceptors (Lipinski definition) is 12. The van der Waals surface area contributed by atoms with Crippen molar-refractivity contribution < 1.29 is 51.9 Å². The number of aliphatic imine (C=N–C) groups is 1. The summed E-state index contributed by atoms with van der Waals surface area (Å²) in [5.74, 6) is -5.58. The fourth-order valence-electron chi connectivity index (χ4n) is 6.43. The van der Waals surface area contributed by atoms with Crippen molar-refractivity contribution in [2.24, 2.45) is 27.7 Å². The predicted octanol–water partition coefficient (Wildman–Crippen LogP) is 4.66. The zero-order chi connectivity index (χ0) is 39.4. The Balaban J connectivity index is 1.66. The lowest BCUT2D eigenvalue weighted by Crippen LogP contribution is -2.69. The molecule has 1 aromatic rings. The number of amides is 2. The first kappa shape index (κ1) is 40.7. The van der Waals surface area contributed by atoms with Crippen LogP contribution in [0.1, 0.15) is 96.6 Å². The van der Waals surface area contributed by atoms with Gasteiger partial charge in [0.25, 0.3) is 0 Å². The van der Waals surface area contributed by atoms with Crippen LogP contribution in [-0.2, 0) is 35.9 Å². The molecule has 1 unspecified atom stereocenters. The molecule has 6 N–H and O–H groups in total. The van der Waals surface area contributed by atoms with E-state index in [1.54, 1.807) is 12.1 Å². The van der Waals surface area contributed by atoms with Crippen molar-refractivity contribution in [1.29, 1.82) is 0 Å². The summed E-state index contributed by atoms with van der Waals surface area (Å²) in [6.07, 6.45) is 4.57. The number of nitrogens with two attached hydrogens (primary N) is 1. The molecule has 1 fully saturated rings. The van der Waals surface area contributed by atoms with Crippen LogP contribution in [0.25, 0.3) is 0 Å². The zero-order valence-corrected chi connectivity index (χ0v) is 31.2. The first-order valence-electron chi connectivity index (χ1n) is 17.3. The number of oxime groups is 1. The lowest BCUT2D eigenvalue weighted by Gasteiger charge is -2.43. The van der Waals surface area contributed by atoms with Crippen LogP contribution in [0.4, 0.5) is 4.79 Å². The standard InChI is InChI=1S/C36H47N5O11S/c1-7-8-9-10-21-16-26(42)30(23-15-20(4)11-12-22(23)19(2)3)28(17-21)51-35(47)39-32-24(33(44)41(32)53(48,49)50)18-27(43)31(25-13-14-29(37)38-25)40-52-36(5,6)34(45)46/h13,15-17,22-24,32,42H,2,7-12,14,18H2,1,3-6H3,(H2,37,38)(H,39,47)(H,45,46)(H,48,49,50)/b40-31-/t22-,23+,24-,32?/m0/s1. The molecule has 0 spiro atoms. The fraction of sp³-hybridized carbons (Fsp3) is 0.500. The van der Waals surface area contributed by atoms with Crippen molar-refractivity contribution in [2.75, 3.05) is 0 Å². The van der Waals surface area contributed by atoms with E-state index in [0.29, 0.717) is 17.5 Å². The van der Waals surface area contributed by atoms with Crippen LogP contribution in [0.15, 0.2) is 57.9 Å². The number of allylic oxidation sites excluding steroid dienone is 4. The van der Waals surface area contributed by atoms with Gasteiger partial charge in [-0.15, -0.1) is 0 Å². The van der Waals surface area contributed by atoms with Gasteiger partial charge in [-0.2, -0.15) is 12.7 Å². The molecule has 16 nitrogen and oxygen atoms in total. The number of carbonyl (C=O) groups is 4. The monoisotopic (exact) mass is 757 g/mol. The summed E-state index contributed by atoms with van der Waals surface area (Å²) in [7, 11) is -5.23. The summed E-state index contributed by atoms with van der Waals surface area (Å²) in [5.41, 5.74) is 6.26. The van der Waals surface area contributed by atoms with Crippen molar-refractivity contribution in [3.8, 4) is 11.5 Å². The van der Waals surface area contributed by atoms with Crippen LogP contribution in [0.2, 0.25) is 0 Å². The van der Waals surface area contributed by atoms with Crippen LogP contribution < -0.4 is 15.8 Å². The second-order valence-corrected chi connectivity index (χ2v) is 15.4. The number of amidine groups is 1. The van der Waals surface area contributed by atoms with Gasteiger partial charge >= 0.3 is 22.4 Å². The molecule has 2 heterocycles. The van der Waals surface area contributed by atoms with Gasteiger partial charge < -0.3 is 25.5 Å².